The Morgan fingerprint density at radius 2 is 1.89 bits per heavy atom. The monoisotopic (exact) mass is 736 g/mol. The van der Waals surface area contributed by atoms with Gasteiger partial charge in [-0.05, 0) is 135 Å². The van der Waals surface area contributed by atoms with Crippen LogP contribution in [0.2, 0.25) is 0 Å². The number of ether oxygens (including phenoxy) is 1. The molecular weight excluding hydrogens is 692 g/mol. The molecule has 5 aliphatic rings. The molecule has 4 aliphatic carbocycles. The van der Waals surface area contributed by atoms with E-state index in [0.29, 0.717) is 25.0 Å². The predicted octanol–water partition coefficient (Wildman–Crippen LogP) is 7.81. The number of aliphatic hydroxyl groups is 1. The number of aliphatic hydroxyl groups excluding tert-OH is 1. The lowest BCUT2D eigenvalue weighted by Gasteiger charge is -2.60. The van der Waals surface area contributed by atoms with Gasteiger partial charge in [-0.1, -0.05) is 37.2 Å². The lowest BCUT2D eigenvalue weighted by molar-refractivity contribution is -0.175. The van der Waals surface area contributed by atoms with Gasteiger partial charge in [0.2, 0.25) is 10.9 Å². The van der Waals surface area contributed by atoms with Gasteiger partial charge in [0.15, 0.2) is 5.60 Å². The van der Waals surface area contributed by atoms with Crippen LogP contribution in [0.25, 0.3) is 11.8 Å². The summed E-state index contributed by atoms with van der Waals surface area (Å²) in [7, 11) is 0. The van der Waals surface area contributed by atoms with Crippen molar-refractivity contribution in [2.45, 2.75) is 82.7 Å². The molecule has 1 aromatic carbocycles. The maximum atomic E-state index is 14.8. The number of fused-ring (bicyclic) bond motifs is 6. The van der Waals surface area contributed by atoms with Crippen LogP contribution in [0.5, 0.6) is 0 Å². The molecule has 3 aromatic heterocycles. The van der Waals surface area contributed by atoms with Gasteiger partial charge in [0.25, 0.3) is 0 Å². The Labute approximate surface area is 313 Å². The van der Waals surface area contributed by atoms with Crippen molar-refractivity contribution in [1.82, 2.24) is 14.8 Å². The highest BCUT2D eigenvalue weighted by Gasteiger charge is 2.71. The minimum atomic E-state index is -1.45. The molecule has 1 saturated heterocycles. The van der Waals surface area contributed by atoms with E-state index < -0.39 is 23.1 Å². The van der Waals surface area contributed by atoms with Gasteiger partial charge in [-0.15, -0.1) is 0 Å². The van der Waals surface area contributed by atoms with E-state index in [1.807, 2.05) is 29.1 Å². The van der Waals surface area contributed by atoms with Crippen LogP contribution in [-0.4, -0.2) is 55.8 Å². The van der Waals surface area contributed by atoms with Gasteiger partial charge in [0.05, 0.1) is 35.6 Å². The van der Waals surface area contributed by atoms with Crippen molar-refractivity contribution in [2.75, 3.05) is 18.0 Å². The molecule has 0 spiro atoms. The standard InChI is InChI=1S/C42H45FN4O5S/c1-40-22-26-24-44-47(30-13-11-28(43)12-14-30)33(26)21-27(40)10-15-31-32-16-17-42(41(32,2)23-34(48)37(31)40,52-38(49)35-8-6-20-51-35)39(50)53-25-29-7-5-9-36(45-29)46-18-3-4-19-46/h5-9,11-14,20-21,24,31-32,34,37,48H,3-4,10,15-19,22-23,25H2,1-2H3/t31?,32?,34-,37?,40-,41-,42-/m0/s1. The second kappa shape index (κ2) is 13.0. The number of allylic oxidation sites excluding steroid dienone is 1. The number of pyridine rings is 1. The molecule has 0 amide bonds. The Hall–Kier alpha value is -4.22. The van der Waals surface area contributed by atoms with E-state index in [0.717, 1.165) is 85.4 Å². The average Bonchev–Trinajstić information content (AvgIpc) is 3.98. The topological polar surface area (TPSA) is 111 Å². The largest absolute Gasteiger partial charge is 0.457 e. The first kappa shape index (κ1) is 34.5. The molecule has 9 rings (SSSR count). The molecule has 4 fully saturated rings. The maximum absolute atomic E-state index is 14.8. The Morgan fingerprint density at radius 1 is 1.08 bits per heavy atom. The number of rotatable bonds is 7. The second-order valence-electron chi connectivity index (χ2n) is 16.2. The van der Waals surface area contributed by atoms with Crippen molar-refractivity contribution >= 4 is 34.7 Å². The molecule has 1 N–H and O–H groups in total. The normalized spacial score (nSPS) is 31.6. The lowest BCUT2D eigenvalue weighted by Crippen LogP contribution is -2.62. The van der Waals surface area contributed by atoms with Crippen LogP contribution in [-0.2, 0) is 21.7 Å². The van der Waals surface area contributed by atoms with E-state index in [9.17, 15) is 19.1 Å². The molecule has 0 radical (unpaired) electrons. The van der Waals surface area contributed by atoms with Gasteiger partial charge >= 0.3 is 5.97 Å². The van der Waals surface area contributed by atoms with Crippen LogP contribution >= 0.6 is 11.8 Å². The minimum Gasteiger partial charge on any atom is -0.457 e. The Bertz CT molecular complexity index is 2080. The molecule has 53 heavy (non-hydrogen) atoms. The fraction of sp³-hybridized carbons (Fsp3) is 0.476. The SMILES string of the molecule is C[C@]12Cc3cnn(-c4ccc(F)cc4)c3C=C1CCC1C2[C@@H](O)C[C@@]2(C)C1CC[C@]2(OC(=O)c1ccco1)C(=O)SCc1cccc(N2CCCC2)n1. The van der Waals surface area contributed by atoms with Crippen LogP contribution < -0.4 is 4.90 Å². The fourth-order valence-electron chi connectivity index (χ4n) is 11.0. The highest BCUT2D eigenvalue weighted by Crippen LogP contribution is 2.69. The molecule has 7 atom stereocenters. The van der Waals surface area contributed by atoms with Crippen molar-refractivity contribution < 1.29 is 28.2 Å². The smallest absolute Gasteiger partial charge is 0.375 e. The summed E-state index contributed by atoms with van der Waals surface area (Å²) in [5.74, 6) is 0.541. The summed E-state index contributed by atoms with van der Waals surface area (Å²) in [5.41, 5.74) is 2.46. The van der Waals surface area contributed by atoms with Crippen molar-refractivity contribution in [1.29, 1.82) is 0 Å². The number of carbonyl (C=O) groups is 2. The lowest BCUT2D eigenvalue weighted by atomic mass is 9.45. The van der Waals surface area contributed by atoms with E-state index in [-0.39, 0.29) is 39.9 Å². The van der Waals surface area contributed by atoms with Crippen molar-refractivity contribution in [3.8, 4) is 5.69 Å². The van der Waals surface area contributed by atoms with Gasteiger partial charge in [-0.2, -0.15) is 5.10 Å². The number of benzene rings is 1. The van der Waals surface area contributed by atoms with Gasteiger partial charge < -0.3 is 19.2 Å². The zero-order valence-electron chi connectivity index (χ0n) is 30.2. The molecule has 276 valence electrons. The van der Waals surface area contributed by atoms with Crippen LogP contribution in [0.4, 0.5) is 10.2 Å². The van der Waals surface area contributed by atoms with E-state index in [2.05, 4.69) is 24.8 Å². The van der Waals surface area contributed by atoms with E-state index in [1.165, 1.54) is 24.0 Å². The summed E-state index contributed by atoms with van der Waals surface area (Å²) < 4.78 is 27.5. The van der Waals surface area contributed by atoms with Crippen LogP contribution in [0.3, 0.4) is 0 Å². The Kier molecular flexibility index (Phi) is 8.45. The molecule has 3 saturated carbocycles. The number of nitrogens with zero attached hydrogens (tertiary/aromatic N) is 4. The highest BCUT2D eigenvalue weighted by atomic mass is 32.2. The number of furan rings is 1. The van der Waals surface area contributed by atoms with Gasteiger partial charge in [0, 0.05) is 24.3 Å². The molecule has 3 unspecified atom stereocenters. The third kappa shape index (κ3) is 5.51. The van der Waals surface area contributed by atoms with E-state index in [4.69, 9.17) is 19.2 Å². The first-order chi connectivity index (χ1) is 25.6. The highest BCUT2D eigenvalue weighted by molar-refractivity contribution is 8.13. The summed E-state index contributed by atoms with van der Waals surface area (Å²) in [5, 5.41) is 16.9. The number of halogens is 1. The van der Waals surface area contributed by atoms with E-state index in [1.54, 1.807) is 24.3 Å². The summed E-state index contributed by atoms with van der Waals surface area (Å²) in [4.78, 5) is 35.6. The maximum Gasteiger partial charge on any atom is 0.375 e. The number of esters is 1. The quantitative estimate of drug-likeness (QED) is 0.190. The van der Waals surface area contributed by atoms with Crippen molar-refractivity contribution in [3.05, 3.63) is 101 Å². The number of anilines is 1. The summed E-state index contributed by atoms with van der Waals surface area (Å²) >= 11 is 1.16. The van der Waals surface area contributed by atoms with Crippen LogP contribution in [0, 0.1) is 34.4 Å². The van der Waals surface area contributed by atoms with E-state index >= 15 is 0 Å². The summed E-state index contributed by atoms with van der Waals surface area (Å²) in [6.07, 6.45) is 11.0. The van der Waals surface area contributed by atoms with Gasteiger partial charge in [0.1, 0.15) is 11.6 Å². The number of aromatic nitrogens is 3. The molecule has 11 heteroatoms. The molecule has 1 aliphatic heterocycles. The molecule has 0 bridgehead atoms. The van der Waals surface area contributed by atoms with Crippen molar-refractivity contribution in [3.63, 3.8) is 0 Å². The summed E-state index contributed by atoms with van der Waals surface area (Å²) in [6, 6.07) is 15.5. The zero-order chi connectivity index (χ0) is 36.5. The predicted molar refractivity (Wildman–Crippen MR) is 200 cm³/mol. The number of carbonyl (C=O) groups excluding carboxylic acids is 2. The molecule has 4 heterocycles. The fourth-order valence-corrected chi connectivity index (χ4v) is 12.1. The van der Waals surface area contributed by atoms with Crippen LogP contribution in [0.1, 0.15) is 86.3 Å². The minimum absolute atomic E-state index is 0.0419. The molecular formula is C42H45FN4O5S. The third-order valence-corrected chi connectivity index (χ3v) is 14.5. The third-order valence-electron chi connectivity index (χ3n) is 13.5. The first-order valence-corrected chi connectivity index (χ1v) is 20.0. The second-order valence-corrected chi connectivity index (χ2v) is 17.2. The number of hydrogen-bond acceptors (Lipinski definition) is 9. The number of thioether (sulfide) groups is 1. The molecule has 9 nitrogen and oxygen atoms in total. The summed E-state index contributed by atoms with van der Waals surface area (Å²) in [6.45, 7) is 6.32. The number of hydrogen-bond donors (Lipinski definition) is 1. The van der Waals surface area contributed by atoms with Crippen LogP contribution in [0.15, 0.2) is 77.0 Å². The first-order valence-electron chi connectivity index (χ1n) is 19.0. The average molecular weight is 737 g/mol. The van der Waals surface area contributed by atoms with Gasteiger partial charge in [-0.3, -0.25) is 4.79 Å². The zero-order valence-corrected chi connectivity index (χ0v) is 31.0. The van der Waals surface area contributed by atoms with Crippen molar-refractivity contribution in [2.24, 2.45) is 28.6 Å². The van der Waals surface area contributed by atoms with Gasteiger partial charge in [-0.25, -0.2) is 18.9 Å². The molecule has 4 aromatic rings. The Balaban J connectivity index is 1.02. The Morgan fingerprint density at radius 3 is 2.66 bits per heavy atom.